The lowest BCUT2D eigenvalue weighted by molar-refractivity contribution is -0.0164. The van der Waals surface area contributed by atoms with Gasteiger partial charge in [-0.3, -0.25) is 4.79 Å². The smallest absolute Gasteiger partial charge is 0.251 e. The number of nitrogens with one attached hydrogen (secondary N) is 1. The monoisotopic (exact) mass is 390 g/mol. The van der Waals surface area contributed by atoms with E-state index < -0.39 is 15.6 Å². The first-order chi connectivity index (χ1) is 12.8. The van der Waals surface area contributed by atoms with E-state index in [1.165, 1.54) is 38.4 Å². The van der Waals surface area contributed by atoms with Crippen LogP contribution in [-0.2, 0) is 20.4 Å². The SMILES string of the molecule is CCC(CNC(=O)c1ccc(S(=O)(=O)N(C)C)cc1)(OC)c1ccccc1. The van der Waals surface area contributed by atoms with E-state index in [-0.39, 0.29) is 10.8 Å². The minimum Gasteiger partial charge on any atom is -0.372 e. The number of ether oxygens (including phenoxy) is 1. The van der Waals surface area contributed by atoms with Crippen molar-refractivity contribution in [3.63, 3.8) is 0 Å². The topological polar surface area (TPSA) is 75.7 Å². The van der Waals surface area contributed by atoms with Crippen LogP contribution in [0.2, 0.25) is 0 Å². The Bertz CT molecular complexity index is 859. The van der Waals surface area contributed by atoms with E-state index in [9.17, 15) is 13.2 Å². The van der Waals surface area contributed by atoms with Gasteiger partial charge in [0.1, 0.15) is 5.60 Å². The van der Waals surface area contributed by atoms with Crippen molar-refractivity contribution in [2.45, 2.75) is 23.8 Å². The summed E-state index contributed by atoms with van der Waals surface area (Å²) < 4.78 is 31.1. The van der Waals surface area contributed by atoms with Crippen molar-refractivity contribution in [1.29, 1.82) is 0 Å². The number of benzene rings is 2. The second kappa shape index (κ2) is 8.65. The second-order valence-electron chi connectivity index (χ2n) is 6.41. The third kappa shape index (κ3) is 4.55. The molecular weight excluding hydrogens is 364 g/mol. The second-order valence-corrected chi connectivity index (χ2v) is 8.56. The number of carbonyl (C=O) groups excluding carboxylic acids is 1. The molecule has 2 aromatic rings. The molecule has 2 rings (SSSR count). The molecule has 0 aliphatic heterocycles. The summed E-state index contributed by atoms with van der Waals surface area (Å²) in [5, 5.41) is 2.90. The summed E-state index contributed by atoms with van der Waals surface area (Å²) in [6.07, 6.45) is 0.688. The lowest BCUT2D eigenvalue weighted by Crippen LogP contribution is -2.41. The van der Waals surface area contributed by atoms with Gasteiger partial charge in [0.2, 0.25) is 10.0 Å². The third-order valence-electron chi connectivity index (χ3n) is 4.69. The molecule has 0 aliphatic carbocycles. The Kier molecular flexibility index (Phi) is 6.75. The number of methoxy groups -OCH3 is 1. The predicted octanol–water partition coefficient (Wildman–Crippen LogP) is 2.62. The maximum atomic E-state index is 12.5. The van der Waals surface area contributed by atoms with Crippen molar-refractivity contribution < 1.29 is 17.9 Å². The molecule has 0 fully saturated rings. The number of hydrogen-bond donors (Lipinski definition) is 1. The van der Waals surface area contributed by atoms with Crippen LogP contribution >= 0.6 is 0 Å². The van der Waals surface area contributed by atoms with E-state index in [1.54, 1.807) is 7.11 Å². The molecule has 27 heavy (non-hydrogen) atoms. The van der Waals surface area contributed by atoms with Gasteiger partial charge in [-0.2, -0.15) is 0 Å². The van der Waals surface area contributed by atoms with Crippen LogP contribution in [0, 0.1) is 0 Å². The van der Waals surface area contributed by atoms with Crippen LogP contribution in [-0.4, -0.2) is 46.4 Å². The van der Waals surface area contributed by atoms with Crippen LogP contribution in [0.25, 0.3) is 0 Å². The molecule has 0 saturated carbocycles. The van der Waals surface area contributed by atoms with Gasteiger partial charge in [0, 0.05) is 26.8 Å². The molecule has 0 spiro atoms. The van der Waals surface area contributed by atoms with Crippen LogP contribution in [0.1, 0.15) is 29.3 Å². The van der Waals surface area contributed by atoms with Crippen molar-refractivity contribution in [3.05, 3.63) is 65.7 Å². The normalized spacial score (nSPS) is 14.0. The molecule has 1 amide bonds. The average molecular weight is 391 g/mol. The molecule has 6 nitrogen and oxygen atoms in total. The molecule has 0 radical (unpaired) electrons. The Balaban J connectivity index is 2.15. The highest BCUT2D eigenvalue weighted by Crippen LogP contribution is 2.28. The first-order valence-electron chi connectivity index (χ1n) is 8.68. The van der Waals surface area contributed by atoms with Crippen LogP contribution in [0.4, 0.5) is 0 Å². The Labute approximate surface area is 161 Å². The summed E-state index contributed by atoms with van der Waals surface area (Å²) in [7, 11) is 1.05. The minimum absolute atomic E-state index is 0.146. The first kappa shape index (κ1) is 21.1. The summed E-state index contributed by atoms with van der Waals surface area (Å²) in [4.78, 5) is 12.7. The zero-order chi connectivity index (χ0) is 20.1. The highest BCUT2D eigenvalue weighted by molar-refractivity contribution is 7.89. The highest BCUT2D eigenvalue weighted by Gasteiger charge is 2.30. The van der Waals surface area contributed by atoms with Crippen LogP contribution in [0.5, 0.6) is 0 Å². The summed E-state index contributed by atoms with van der Waals surface area (Å²) in [6, 6.07) is 15.6. The fraction of sp³-hybridized carbons (Fsp3) is 0.350. The van der Waals surface area contributed by atoms with Gasteiger partial charge in [0.05, 0.1) is 11.4 Å². The fourth-order valence-corrected chi connectivity index (χ4v) is 3.72. The van der Waals surface area contributed by atoms with Crippen molar-refractivity contribution in [2.24, 2.45) is 0 Å². The van der Waals surface area contributed by atoms with Gasteiger partial charge < -0.3 is 10.1 Å². The standard InChI is InChI=1S/C20H26N2O4S/c1-5-20(26-4,17-9-7-6-8-10-17)15-21-19(23)16-11-13-18(14-12-16)27(24,25)22(2)3/h6-14H,5,15H2,1-4H3,(H,21,23). The largest absolute Gasteiger partial charge is 0.372 e. The lowest BCUT2D eigenvalue weighted by Gasteiger charge is -2.32. The van der Waals surface area contributed by atoms with Crippen molar-refractivity contribution in [2.75, 3.05) is 27.7 Å². The van der Waals surface area contributed by atoms with Gasteiger partial charge in [-0.15, -0.1) is 0 Å². The summed E-state index contributed by atoms with van der Waals surface area (Å²) in [5.74, 6) is -0.283. The molecule has 0 saturated heterocycles. The van der Waals surface area contributed by atoms with Crippen LogP contribution in [0.15, 0.2) is 59.5 Å². The van der Waals surface area contributed by atoms with Crippen molar-refractivity contribution in [1.82, 2.24) is 9.62 Å². The lowest BCUT2D eigenvalue weighted by atomic mass is 9.90. The van der Waals surface area contributed by atoms with E-state index in [0.717, 1.165) is 9.87 Å². The average Bonchev–Trinajstić information content (AvgIpc) is 2.69. The van der Waals surface area contributed by atoms with Crippen molar-refractivity contribution in [3.8, 4) is 0 Å². The van der Waals surface area contributed by atoms with Gasteiger partial charge in [-0.05, 0) is 36.2 Å². The molecule has 7 heteroatoms. The minimum atomic E-state index is -3.52. The number of amides is 1. The fourth-order valence-electron chi connectivity index (χ4n) is 2.82. The molecule has 1 N–H and O–H groups in total. The van der Waals surface area contributed by atoms with Crippen LogP contribution in [0.3, 0.4) is 0 Å². The number of sulfonamides is 1. The Morgan fingerprint density at radius 3 is 2.15 bits per heavy atom. The van der Waals surface area contributed by atoms with Gasteiger partial charge in [0.15, 0.2) is 0 Å². The maximum Gasteiger partial charge on any atom is 0.251 e. The number of carbonyl (C=O) groups is 1. The quantitative estimate of drug-likeness (QED) is 0.752. The maximum absolute atomic E-state index is 12.5. The van der Waals surface area contributed by atoms with E-state index in [0.29, 0.717) is 18.5 Å². The molecule has 2 aromatic carbocycles. The zero-order valence-corrected chi connectivity index (χ0v) is 16.9. The predicted molar refractivity (Wildman–Crippen MR) is 105 cm³/mol. The van der Waals surface area contributed by atoms with E-state index in [1.807, 2.05) is 37.3 Å². The first-order valence-corrected chi connectivity index (χ1v) is 10.1. The summed E-state index contributed by atoms with van der Waals surface area (Å²) in [5.41, 5.74) is 0.759. The van der Waals surface area contributed by atoms with E-state index in [4.69, 9.17) is 4.74 Å². The Hall–Kier alpha value is -2.22. The number of hydrogen-bond acceptors (Lipinski definition) is 4. The highest BCUT2D eigenvalue weighted by atomic mass is 32.2. The molecule has 146 valence electrons. The van der Waals surface area contributed by atoms with E-state index in [2.05, 4.69) is 5.32 Å². The molecule has 0 bridgehead atoms. The molecule has 1 atom stereocenters. The van der Waals surface area contributed by atoms with Crippen LogP contribution < -0.4 is 5.32 Å². The molecule has 0 aliphatic rings. The molecular formula is C20H26N2O4S. The molecule has 0 aromatic heterocycles. The summed E-state index contributed by atoms with van der Waals surface area (Å²) >= 11 is 0. The third-order valence-corrected chi connectivity index (χ3v) is 6.52. The Morgan fingerprint density at radius 2 is 1.67 bits per heavy atom. The van der Waals surface area contributed by atoms with Gasteiger partial charge in [-0.25, -0.2) is 12.7 Å². The van der Waals surface area contributed by atoms with Gasteiger partial charge >= 0.3 is 0 Å². The number of rotatable bonds is 8. The van der Waals surface area contributed by atoms with E-state index >= 15 is 0 Å². The Morgan fingerprint density at radius 1 is 1.07 bits per heavy atom. The van der Waals surface area contributed by atoms with Gasteiger partial charge in [0.25, 0.3) is 5.91 Å². The molecule has 0 heterocycles. The zero-order valence-electron chi connectivity index (χ0n) is 16.1. The van der Waals surface area contributed by atoms with Gasteiger partial charge in [-0.1, -0.05) is 37.3 Å². The van der Waals surface area contributed by atoms with Crippen molar-refractivity contribution >= 4 is 15.9 Å². The number of nitrogens with zero attached hydrogens (tertiary/aromatic N) is 1. The molecule has 1 unspecified atom stereocenters. The summed E-state index contributed by atoms with van der Waals surface area (Å²) in [6.45, 7) is 2.31.